The third-order valence-electron chi connectivity index (χ3n) is 3.81. The summed E-state index contributed by atoms with van der Waals surface area (Å²) in [5.41, 5.74) is 2.37. The van der Waals surface area contributed by atoms with E-state index in [0.717, 1.165) is 16.6 Å². The van der Waals surface area contributed by atoms with Gasteiger partial charge in [-0.2, -0.15) is 5.10 Å². The quantitative estimate of drug-likeness (QED) is 0.728. The number of rotatable bonds is 5. The number of H-pyrrole nitrogens is 1. The van der Waals surface area contributed by atoms with Gasteiger partial charge in [0.1, 0.15) is 0 Å². The number of fused-ring (bicyclic) bond motifs is 1. The minimum Gasteiger partial charge on any atom is -0.309 e. The van der Waals surface area contributed by atoms with Crippen molar-refractivity contribution in [3.05, 3.63) is 47.7 Å². The van der Waals surface area contributed by atoms with Crippen molar-refractivity contribution in [3.63, 3.8) is 0 Å². The van der Waals surface area contributed by atoms with Crippen LogP contribution in [0.1, 0.15) is 17.7 Å². The number of nitrogens with one attached hydrogen (secondary N) is 2. The molecule has 1 amide bonds. The van der Waals surface area contributed by atoms with E-state index in [1.165, 1.54) is 12.1 Å². The topological polar surface area (TPSA) is 105 Å². The predicted octanol–water partition coefficient (Wildman–Crippen LogP) is 2.38. The number of pyridine rings is 1. The molecule has 130 valence electrons. The Morgan fingerprint density at radius 1 is 1.20 bits per heavy atom. The standard InChI is InChI=1S/C17H18N4O3S/c1-11-10-12(2)18-16-15(11)17(21-20-16)19-14(22)8-9-25(23,24)13-6-4-3-5-7-13/h3-7,10H,8-9H2,1-2H3,(H2,18,19,20,21,22). The molecule has 7 nitrogen and oxygen atoms in total. The number of aromatic nitrogens is 3. The third-order valence-corrected chi connectivity index (χ3v) is 5.55. The zero-order valence-corrected chi connectivity index (χ0v) is 14.7. The molecule has 3 rings (SSSR count). The molecule has 0 unspecified atom stereocenters. The van der Waals surface area contributed by atoms with Gasteiger partial charge in [0.2, 0.25) is 5.91 Å². The van der Waals surface area contributed by atoms with Gasteiger partial charge in [0.25, 0.3) is 0 Å². The minimum absolute atomic E-state index is 0.149. The number of carbonyl (C=O) groups excluding carboxylic acids is 1. The van der Waals surface area contributed by atoms with Crippen molar-refractivity contribution >= 4 is 32.6 Å². The van der Waals surface area contributed by atoms with Gasteiger partial charge in [0.15, 0.2) is 21.3 Å². The van der Waals surface area contributed by atoms with E-state index in [4.69, 9.17) is 0 Å². The van der Waals surface area contributed by atoms with Crippen LogP contribution in [0.2, 0.25) is 0 Å². The van der Waals surface area contributed by atoms with Crippen LogP contribution >= 0.6 is 0 Å². The predicted molar refractivity (Wildman–Crippen MR) is 95.1 cm³/mol. The molecule has 8 heteroatoms. The summed E-state index contributed by atoms with van der Waals surface area (Å²) in [6.45, 7) is 3.78. The molecule has 2 heterocycles. The summed E-state index contributed by atoms with van der Waals surface area (Å²) in [6, 6.07) is 9.98. The second-order valence-electron chi connectivity index (χ2n) is 5.81. The summed E-state index contributed by atoms with van der Waals surface area (Å²) in [7, 11) is -3.49. The van der Waals surface area contributed by atoms with E-state index in [2.05, 4.69) is 20.5 Å². The summed E-state index contributed by atoms with van der Waals surface area (Å²) >= 11 is 0. The Morgan fingerprint density at radius 2 is 1.92 bits per heavy atom. The molecular weight excluding hydrogens is 340 g/mol. The highest BCUT2D eigenvalue weighted by molar-refractivity contribution is 7.91. The first-order valence-corrected chi connectivity index (χ1v) is 9.42. The molecule has 0 spiro atoms. The Balaban J connectivity index is 1.72. The summed E-state index contributed by atoms with van der Waals surface area (Å²) in [6.07, 6.45) is -0.149. The fraction of sp³-hybridized carbons (Fsp3) is 0.235. The summed E-state index contributed by atoms with van der Waals surface area (Å²) in [5, 5.41) is 10.2. The number of aryl methyl sites for hydroxylation is 2. The molecular formula is C17H18N4O3S. The van der Waals surface area contributed by atoms with Gasteiger partial charge in [-0.05, 0) is 37.6 Å². The first-order chi connectivity index (χ1) is 11.9. The molecule has 0 atom stereocenters. The van der Waals surface area contributed by atoms with Crippen LogP contribution in [0.4, 0.5) is 5.82 Å². The highest BCUT2D eigenvalue weighted by Gasteiger charge is 2.18. The summed E-state index contributed by atoms with van der Waals surface area (Å²) in [4.78, 5) is 16.7. The lowest BCUT2D eigenvalue weighted by molar-refractivity contribution is -0.115. The number of nitrogens with zero attached hydrogens (tertiary/aromatic N) is 2. The number of amides is 1. The second-order valence-corrected chi connectivity index (χ2v) is 7.92. The Morgan fingerprint density at radius 3 is 2.64 bits per heavy atom. The van der Waals surface area contributed by atoms with E-state index in [1.807, 2.05) is 19.9 Å². The minimum atomic E-state index is -3.49. The molecule has 0 aliphatic carbocycles. The van der Waals surface area contributed by atoms with Crippen molar-refractivity contribution in [2.45, 2.75) is 25.2 Å². The zero-order chi connectivity index (χ0) is 18.0. The number of benzene rings is 1. The van der Waals surface area contributed by atoms with Crippen LogP contribution in [-0.2, 0) is 14.6 Å². The maximum Gasteiger partial charge on any atom is 0.226 e. The Labute approximate surface area is 145 Å². The van der Waals surface area contributed by atoms with Gasteiger partial charge in [-0.3, -0.25) is 9.89 Å². The average molecular weight is 358 g/mol. The number of sulfone groups is 1. The van der Waals surface area contributed by atoms with E-state index >= 15 is 0 Å². The summed E-state index contributed by atoms with van der Waals surface area (Å²) < 4.78 is 24.5. The van der Waals surface area contributed by atoms with E-state index in [1.54, 1.807) is 18.2 Å². The largest absolute Gasteiger partial charge is 0.309 e. The van der Waals surface area contributed by atoms with E-state index in [9.17, 15) is 13.2 Å². The van der Waals surface area contributed by atoms with Gasteiger partial charge in [-0.1, -0.05) is 18.2 Å². The zero-order valence-electron chi connectivity index (χ0n) is 13.9. The number of anilines is 1. The molecule has 0 bridgehead atoms. The molecule has 0 saturated heterocycles. The van der Waals surface area contributed by atoms with Crippen LogP contribution in [0.5, 0.6) is 0 Å². The van der Waals surface area contributed by atoms with E-state index in [0.29, 0.717) is 11.5 Å². The lowest BCUT2D eigenvalue weighted by Crippen LogP contribution is -2.17. The molecule has 25 heavy (non-hydrogen) atoms. The molecule has 1 aromatic carbocycles. The van der Waals surface area contributed by atoms with Crippen LogP contribution in [0.15, 0.2) is 41.3 Å². The maximum atomic E-state index is 12.2. The van der Waals surface area contributed by atoms with Gasteiger partial charge < -0.3 is 5.32 Å². The number of hydrogen-bond acceptors (Lipinski definition) is 5. The molecule has 0 aliphatic rings. The molecule has 3 aromatic rings. The average Bonchev–Trinajstić information content (AvgIpc) is 2.97. The molecule has 0 fully saturated rings. The fourth-order valence-corrected chi connectivity index (χ4v) is 3.90. The maximum absolute atomic E-state index is 12.2. The SMILES string of the molecule is Cc1cc(C)c2c(NC(=O)CCS(=O)(=O)c3ccccc3)n[nH]c2n1. The van der Waals surface area contributed by atoms with Crippen molar-refractivity contribution < 1.29 is 13.2 Å². The number of carbonyl (C=O) groups is 1. The Hall–Kier alpha value is -2.74. The lowest BCUT2D eigenvalue weighted by Gasteiger charge is -2.06. The number of hydrogen-bond donors (Lipinski definition) is 2. The van der Waals surface area contributed by atoms with Crippen molar-refractivity contribution in [2.75, 3.05) is 11.1 Å². The molecule has 0 radical (unpaired) electrons. The smallest absolute Gasteiger partial charge is 0.226 e. The van der Waals surface area contributed by atoms with Crippen molar-refractivity contribution in [1.29, 1.82) is 0 Å². The second kappa shape index (κ2) is 6.64. The monoisotopic (exact) mass is 358 g/mol. The molecule has 2 aromatic heterocycles. The van der Waals surface area contributed by atoms with Crippen molar-refractivity contribution in [1.82, 2.24) is 15.2 Å². The van der Waals surface area contributed by atoms with Crippen molar-refractivity contribution in [2.24, 2.45) is 0 Å². The summed E-state index contributed by atoms with van der Waals surface area (Å²) in [5.74, 6) is -0.309. The third kappa shape index (κ3) is 3.69. The van der Waals surface area contributed by atoms with Crippen LogP contribution < -0.4 is 5.32 Å². The highest BCUT2D eigenvalue weighted by atomic mass is 32.2. The van der Waals surface area contributed by atoms with Crippen LogP contribution in [0, 0.1) is 13.8 Å². The molecule has 2 N–H and O–H groups in total. The Bertz CT molecular complexity index is 1030. The molecule has 0 saturated carbocycles. The van der Waals surface area contributed by atoms with Gasteiger partial charge in [0, 0.05) is 12.1 Å². The van der Waals surface area contributed by atoms with Crippen molar-refractivity contribution in [3.8, 4) is 0 Å². The normalized spacial score (nSPS) is 11.6. The van der Waals surface area contributed by atoms with Gasteiger partial charge in [-0.25, -0.2) is 13.4 Å². The van der Waals surface area contributed by atoms with E-state index < -0.39 is 15.7 Å². The van der Waals surface area contributed by atoms with Gasteiger partial charge >= 0.3 is 0 Å². The number of aromatic amines is 1. The van der Waals surface area contributed by atoms with Gasteiger partial charge in [0.05, 0.1) is 16.0 Å². The first kappa shape index (κ1) is 17.1. The van der Waals surface area contributed by atoms with Gasteiger partial charge in [-0.15, -0.1) is 0 Å². The first-order valence-electron chi connectivity index (χ1n) is 7.77. The molecule has 0 aliphatic heterocycles. The fourth-order valence-electron chi connectivity index (χ4n) is 2.64. The van der Waals surface area contributed by atoms with Crippen LogP contribution in [0.25, 0.3) is 11.0 Å². The Kier molecular flexibility index (Phi) is 4.54. The lowest BCUT2D eigenvalue weighted by atomic mass is 10.2. The van der Waals surface area contributed by atoms with Crippen LogP contribution in [-0.4, -0.2) is 35.3 Å². The van der Waals surface area contributed by atoms with Crippen LogP contribution in [0.3, 0.4) is 0 Å². The highest BCUT2D eigenvalue weighted by Crippen LogP contribution is 2.23. The van der Waals surface area contributed by atoms with E-state index in [-0.39, 0.29) is 17.1 Å².